The Hall–Kier alpha value is -2.61. The molecule has 0 saturated heterocycles. The number of hydrogen-bond acceptors (Lipinski definition) is 6. The summed E-state index contributed by atoms with van der Waals surface area (Å²) < 4.78 is 11.5. The summed E-state index contributed by atoms with van der Waals surface area (Å²) in [5, 5.41) is 13.2. The number of pyridine rings is 1. The molecular weight excluding hydrogens is 512 g/mol. The molecule has 9 heteroatoms. The molecule has 1 aliphatic rings. The molecule has 0 radical (unpaired) electrons. The average molecular weight is 530 g/mol. The predicted octanol–water partition coefficient (Wildman–Crippen LogP) is 2.38. The summed E-state index contributed by atoms with van der Waals surface area (Å²) in [4.78, 5) is 28.7. The molecule has 0 fully saturated rings. The number of Topliss-reactive ketones (excluding diaryl/α,β-unsaturated/α-hetero) is 1. The van der Waals surface area contributed by atoms with Gasteiger partial charge >= 0.3 is 29.6 Å². The Morgan fingerprint density at radius 2 is 1.81 bits per heavy atom. The molecule has 0 bridgehead atoms. The number of carbonyl (C=O) groups excluding carboxylic acids is 2. The zero-order valence-electron chi connectivity index (χ0n) is 19.3. The number of halogens is 2. The van der Waals surface area contributed by atoms with Gasteiger partial charge < -0.3 is 19.4 Å². The van der Waals surface area contributed by atoms with Gasteiger partial charge in [-0.15, -0.1) is 0 Å². The maximum Gasteiger partial charge on any atom is 1.00 e. The van der Waals surface area contributed by atoms with Crippen LogP contribution >= 0.6 is 23.2 Å². The number of hydrogen-bond donors (Lipinski definition) is 0. The number of carboxylic acid groups (broad SMARTS) is 1. The van der Waals surface area contributed by atoms with Crippen molar-refractivity contribution in [3.63, 3.8) is 0 Å². The maximum absolute atomic E-state index is 12.8. The van der Waals surface area contributed by atoms with Crippen LogP contribution in [0.3, 0.4) is 0 Å². The van der Waals surface area contributed by atoms with Gasteiger partial charge in [0.15, 0.2) is 5.78 Å². The quantitative estimate of drug-likeness (QED) is 0.281. The molecule has 176 valence electrons. The van der Waals surface area contributed by atoms with Gasteiger partial charge in [-0.1, -0.05) is 29.3 Å². The zero-order valence-corrected chi connectivity index (χ0v) is 22.8. The first kappa shape index (κ1) is 26.5. The van der Waals surface area contributed by atoms with E-state index in [1.807, 2.05) is 24.3 Å². The number of carboxylic acids is 1. The summed E-state index contributed by atoms with van der Waals surface area (Å²) in [5.74, 6) is -0.818. The van der Waals surface area contributed by atoms with Gasteiger partial charge in [0.2, 0.25) is 0 Å². The molecule has 2 heterocycles. The molecule has 0 N–H and O–H groups in total. The van der Waals surface area contributed by atoms with E-state index in [0.717, 1.165) is 10.9 Å². The Labute approximate surface area is 239 Å². The van der Waals surface area contributed by atoms with Gasteiger partial charge in [0.05, 0.1) is 23.6 Å². The normalized spacial score (nSPS) is 14.3. The van der Waals surface area contributed by atoms with Crippen molar-refractivity contribution in [1.82, 2.24) is 4.98 Å². The van der Waals surface area contributed by atoms with E-state index in [9.17, 15) is 14.7 Å². The van der Waals surface area contributed by atoms with E-state index in [1.54, 1.807) is 36.4 Å². The van der Waals surface area contributed by atoms with Gasteiger partial charge in [0, 0.05) is 45.2 Å². The van der Waals surface area contributed by atoms with Crippen molar-refractivity contribution in [3.8, 4) is 17.2 Å². The van der Waals surface area contributed by atoms with E-state index in [2.05, 4.69) is 4.98 Å². The Bertz CT molecular complexity index is 1460. The SMILES string of the molecule is O=C(Cc1ccc2cc(Cl)ccc2n1)c1ccc(Oc2cc3c(cc2Cl)C(C(=O)[O-])CCO3)cc1.[Na+]. The van der Waals surface area contributed by atoms with Crippen molar-refractivity contribution in [2.24, 2.45) is 0 Å². The second-order valence-corrected chi connectivity index (χ2v) is 9.04. The molecule has 4 aromatic rings. The van der Waals surface area contributed by atoms with Gasteiger partial charge in [-0.25, -0.2) is 0 Å². The number of ketones is 1. The number of ether oxygens (including phenoxy) is 2. The third-order valence-corrected chi connectivity index (χ3v) is 6.37. The first-order valence-electron chi connectivity index (χ1n) is 10.9. The fraction of sp³-hybridized carbons (Fsp3) is 0.148. The van der Waals surface area contributed by atoms with Crippen molar-refractivity contribution < 1.29 is 53.7 Å². The van der Waals surface area contributed by atoms with Crippen LogP contribution in [0.15, 0.2) is 66.7 Å². The van der Waals surface area contributed by atoms with Gasteiger partial charge in [0.25, 0.3) is 0 Å². The van der Waals surface area contributed by atoms with Crippen molar-refractivity contribution >= 4 is 45.9 Å². The smallest absolute Gasteiger partial charge is 0.549 e. The van der Waals surface area contributed by atoms with Crippen LogP contribution in [0, 0.1) is 0 Å². The number of aliphatic carboxylic acids is 1. The van der Waals surface area contributed by atoms with Crippen LogP contribution in [0.4, 0.5) is 0 Å². The topological polar surface area (TPSA) is 88.5 Å². The number of fused-ring (bicyclic) bond motifs is 2. The molecule has 6 nitrogen and oxygen atoms in total. The van der Waals surface area contributed by atoms with E-state index in [4.69, 9.17) is 32.7 Å². The minimum Gasteiger partial charge on any atom is -0.549 e. The molecule has 1 unspecified atom stereocenters. The molecule has 1 atom stereocenters. The molecule has 5 rings (SSSR count). The average Bonchev–Trinajstić information content (AvgIpc) is 2.84. The number of carbonyl (C=O) groups is 2. The van der Waals surface area contributed by atoms with Crippen LogP contribution in [0.2, 0.25) is 10.0 Å². The third-order valence-electron chi connectivity index (χ3n) is 5.84. The van der Waals surface area contributed by atoms with E-state index in [-0.39, 0.29) is 53.4 Å². The number of benzene rings is 3. The summed E-state index contributed by atoms with van der Waals surface area (Å²) in [6.07, 6.45) is 0.483. The van der Waals surface area contributed by atoms with Crippen LogP contribution in [0.1, 0.15) is 34.0 Å². The minimum atomic E-state index is -1.16. The van der Waals surface area contributed by atoms with E-state index < -0.39 is 11.9 Å². The predicted molar refractivity (Wildman–Crippen MR) is 131 cm³/mol. The zero-order chi connectivity index (χ0) is 24.5. The Morgan fingerprint density at radius 3 is 2.56 bits per heavy atom. The van der Waals surface area contributed by atoms with Gasteiger partial charge in [0.1, 0.15) is 17.2 Å². The van der Waals surface area contributed by atoms with Gasteiger partial charge in [-0.3, -0.25) is 9.78 Å². The largest absolute Gasteiger partial charge is 1.00 e. The molecule has 3 aromatic carbocycles. The third kappa shape index (κ3) is 5.69. The van der Waals surface area contributed by atoms with Crippen molar-refractivity contribution in [2.45, 2.75) is 18.8 Å². The summed E-state index contributed by atoms with van der Waals surface area (Å²) in [5.41, 5.74) is 2.44. The van der Waals surface area contributed by atoms with Crippen LogP contribution in [-0.2, 0) is 11.2 Å². The van der Waals surface area contributed by atoms with E-state index in [1.165, 1.54) is 6.07 Å². The van der Waals surface area contributed by atoms with Crippen molar-refractivity contribution in [3.05, 3.63) is 93.6 Å². The monoisotopic (exact) mass is 529 g/mol. The fourth-order valence-corrected chi connectivity index (χ4v) is 4.44. The molecule has 1 aliphatic heterocycles. The molecule has 0 saturated carbocycles. The van der Waals surface area contributed by atoms with Gasteiger partial charge in [-0.2, -0.15) is 0 Å². The van der Waals surface area contributed by atoms with Crippen molar-refractivity contribution in [1.29, 1.82) is 0 Å². The molecule has 0 aliphatic carbocycles. The summed E-state index contributed by atoms with van der Waals surface area (Å²) in [7, 11) is 0. The summed E-state index contributed by atoms with van der Waals surface area (Å²) >= 11 is 12.4. The maximum atomic E-state index is 12.8. The Kier molecular flexibility index (Phi) is 8.23. The molecule has 0 spiro atoms. The van der Waals surface area contributed by atoms with Crippen LogP contribution in [0.25, 0.3) is 10.9 Å². The number of nitrogens with zero attached hydrogens (tertiary/aromatic N) is 1. The number of aromatic nitrogens is 1. The Balaban J connectivity index is 0.00000304. The van der Waals surface area contributed by atoms with Crippen LogP contribution < -0.4 is 44.1 Å². The standard InChI is InChI=1S/C27H19Cl2NO5.Na/c28-17-4-8-23-16(11-17)1-5-18(30-23)12-24(31)15-2-6-19(7-3-15)35-26-14-25-21(13-22(26)29)20(27(32)33)9-10-34-25;/h1-8,11,13-14,20H,9-10,12H2,(H,32,33);/q;+1/p-1. The molecular formula is C27H18Cl2NNaO5. The molecule has 0 amide bonds. The fourth-order valence-electron chi connectivity index (χ4n) is 4.05. The Morgan fingerprint density at radius 1 is 1.03 bits per heavy atom. The van der Waals surface area contributed by atoms with E-state index >= 15 is 0 Å². The molecule has 36 heavy (non-hydrogen) atoms. The first-order valence-corrected chi connectivity index (χ1v) is 11.7. The first-order chi connectivity index (χ1) is 16.9. The second kappa shape index (κ2) is 11.2. The summed E-state index contributed by atoms with van der Waals surface area (Å²) in [6.45, 7) is 0.267. The van der Waals surface area contributed by atoms with Gasteiger partial charge in [-0.05, 0) is 61.0 Å². The minimum absolute atomic E-state index is 0. The van der Waals surface area contributed by atoms with E-state index in [0.29, 0.717) is 45.5 Å². The number of rotatable bonds is 6. The summed E-state index contributed by atoms with van der Waals surface area (Å²) in [6, 6.07) is 18.9. The molecule has 1 aromatic heterocycles. The van der Waals surface area contributed by atoms with Crippen molar-refractivity contribution in [2.75, 3.05) is 6.61 Å². The van der Waals surface area contributed by atoms with Crippen LogP contribution in [-0.4, -0.2) is 23.3 Å². The van der Waals surface area contributed by atoms with Crippen LogP contribution in [0.5, 0.6) is 17.2 Å². The second-order valence-electron chi connectivity index (χ2n) is 8.20.